The van der Waals surface area contributed by atoms with Crippen molar-refractivity contribution in [3.63, 3.8) is 0 Å². The van der Waals surface area contributed by atoms with Gasteiger partial charge in [-0.2, -0.15) is 10.1 Å². The first kappa shape index (κ1) is 20.4. The number of aromatic nitrogens is 6. The Balaban J connectivity index is 1.45. The van der Waals surface area contributed by atoms with Gasteiger partial charge in [-0.15, -0.1) is 0 Å². The Hall–Kier alpha value is -4.47. The van der Waals surface area contributed by atoms with Crippen LogP contribution in [0, 0.1) is 6.92 Å². The molecule has 0 fully saturated rings. The van der Waals surface area contributed by atoms with Gasteiger partial charge in [-0.1, -0.05) is 23.4 Å². The van der Waals surface area contributed by atoms with Gasteiger partial charge < -0.3 is 14.0 Å². The predicted molar refractivity (Wildman–Crippen MR) is 120 cm³/mol. The lowest BCUT2D eigenvalue weighted by atomic mass is 10.2. The fourth-order valence-corrected chi connectivity index (χ4v) is 3.60. The molecule has 0 saturated heterocycles. The highest BCUT2D eigenvalue weighted by Crippen LogP contribution is 2.31. The quantitative estimate of drug-likeness (QED) is 0.393. The summed E-state index contributed by atoms with van der Waals surface area (Å²) in [6.07, 6.45) is 2.98. The summed E-state index contributed by atoms with van der Waals surface area (Å²) in [7, 11) is 3.12. The number of rotatable bonds is 6. The lowest BCUT2D eigenvalue weighted by Gasteiger charge is -2.07. The van der Waals surface area contributed by atoms with E-state index in [0.717, 1.165) is 11.3 Å². The SMILES string of the molecule is COc1ccc(-c2noc(Cn3cnc4c(cnn4-c4ccccc4C)c3=O)n2)cc1OC. The second-order valence-electron chi connectivity index (χ2n) is 7.34. The van der Waals surface area contributed by atoms with Crippen molar-refractivity contribution in [3.05, 3.63) is 76.8 Å². The van der Waals surface area contributed by atoms with Gasteiger partial charge in [-0.25, -0.2) is 9.67 Å². The van der Waals surface area contributed by atoms with Crippen LogP contribution in [-0.2, 0) is 6.54 Å². The van der Waals surface area contributed by atoms with Crippen LogP contribution in [0.2, 0.25) is 0 Å². The van der Waals surface area contributed by atoms with Crippen LogP contribution >= 0.6 is 0 Å². The molecule has 0 aliphatic rings. The fourth-order valence-electron chi connectivity index (χ4n) is 3.60. The monoisotopic (exact) mass is 444 g/mol. The maximum Gasteiger partial charge on any atom is 0.264 e. The molecule has 2 aromatic carbocycles. The third kappa shape index (κ3) is 3.61. The fraction of sp³-hybridized carbons (Fsp3) is 0.174. The van der Waals surface area contributed by atoms with Crippen LogP contribution < -0.4 is 15.0 Å². The van der Waals surface area contributed by atoms with Gasteiger partial charge in [0.1, 0.15) is 18.3 Å². The number of nitrogens with zero attached hydrogens (tertiary/aromatic N) is 6. The van der Waals surface area contributed by atoms with Gasteiger partial charge in [0, 0.05) is 5.56 Å². The predicted octanol–water partition coefficient (Wildman–Crippen LogP) is 3.01. The Kier molecular flexibility index (Phi) is 5.09. The molecular weight excluding hydrogens is 424 g/mol. The number of para-hydroxylation sites is 1. The summed E-state index contributed by atoms with van der Waals surface area (Å²) in [4.78, 5) is 21.9. The number of ether oxygens (including phenoxy) is 2. The van der Waals surface area contributed by atoms with E-state index in [2.05, 4.69) is 20.2 Å². The van der Waals surface area contributed by atoms with E-state index in [1.54, 1.807) is 37.1 Å². The first-order valence-corrected chi connectivity index (χ1v) is 10.1. The van der Waals surface area contributed by atoms with E-state index >= 15 is 0 Å². The minimum Gasteiger partial charge on any atom is -0.493 e. The molecule has 0 aliphatic heterocycles. The van der Waals surface area contributed by atoms with Crippen LogP contribution in [0.15, 0.2) is 64.3 Å². The van der Waals surface area contributed by atoms with Gasteiger partial charge in [0.2, 0.25) is 11.7 Å². The van der Waals surface area contributed by atoms with E-state index in [0.29, 0.717) is 33.9 Å². The molecule has 0 aliphatic carbocycles. The highest BCUT2D eigenvalue weighted by molar-refractivity contribution is 5.75. The molecule has 10 nitrogen and oxygen atoms in total. The molecule has 0 spiro atoms. The summed E-state index contributed by atoms with van der Waals surface area (Å²) in [6, 6.07) is 13.1. The number of methoxy groups -OCH3 is 2. The third-order valence-electron chi connectivity index (χ3n) is 5.31. The zero-order valence-electron chi connectivity index (χ0n) is 18.2. The Labute approximate surface area is 188 Å². The van der Waals surface area contributed by atoms with Gasteiger partial charge in [-0.3, -0.25) is 9.36 Å². The summed E-state index contributed by atoms with van der Waals surface area (Å²) < 4.78 is 19.0. The highest BCUT2D eigenvalue weighted by Gasteiger charge is 2.16. The van der Waals surface area contributed by atoms with Crippen LogP contribution in [-0.4, -0.2) is 43.7 Å². The number of fused-ring (bicyclic) bond motifs is 1. The lowest BCUT2D eigenvalue weighted by Crippen LogP contribution is -2.21. The van der Waals surface area contributed by atoms with Crippen molar-refractivity contribution in [1.82, 2.24) is 29.5 Å². The van der Waals surface area contributed by atoms with Crippen molar-refractivity contribution in [3.8, 4) is 28.6 Å². The number of hydrogen-bond donors (Lipinski definition) is 0. The van der Waals surface area contributed by atoms with Crippen LogP contribution in [0.25, 0.3) is 28.1 Å². The molecule has 0 atom stereocenters. The minimum absolute atomic E-state index is 0.0810. The average molecular weight is 444 g/mol. The van der Waals surface area contributed by atoms with Crippen molar-refractivity contribution >= 4 is 11.0 Å². The Morgan fingerprint density at radius 3 is 2.67 bits per heavy atom. The average Bonchev–Trinajstić information content (AvgIpc) is 3.48. The Morgan fingerprint density at radius 1 is 1.06 bits per heavy atom. The van der Waals surface area contributed by atoms with Crippen molar-refractivity contribution in [2.45, 2.75) is 13.5 Å². The Bertz CT molecular complexity index is 1520. The van der Waals surface area contributed by atoms with Crippen molar-refractivity contribution in [2.24, 2.45) is 0 Å². The molecule has 5 rings (SSSR count). The molecule has 0 unspecified atom stereocenters. The van der Waals surface area contributed by atoms with Gasteiger partial charge in [0.15, 0.2) is 17.1 Å². The van der Waals surface area contributed by atoms with E-state index < -0.39 is 0 Å². The topological polar surface area (TPSA) is 110 Å². The largest absolute Gasteiger partial charge is 0.493 e. The van der Waals surface area contributed by atoms with Gasteiger partial charge in [0.25, 0.3) is 5.56 Å². The molecule has 0 amide bonds. The lowest BCUT2D eigenvalue weighted by molar-refractivity contribution is 0.355. The number of aryl methyl sites for hydroxylation is 1. The maximum atomic E-state index is 13.0. The van der Waals surface area contributed by atoms with Crippen LogP contribution in [0.4, 0.5) is 0 Å². The number of hydrogen-bond acceptors (Lipinski definition) is 8. The first-order valence-electron chi connectivity index (χ1n) is 10.1. The van der Waals surface area contributed by atoms with Crippen LogP contribution in [0.5, 0.6) is 11.5 Å². The van der Waals surface area contributed by atoms with E-state index in [4.69, 9.17) is 14.0 Å². The zero-order valence-corrected chi connectivity index (χ0v) is 18.2. The van der Waals surface area contributed by atoms with Gasteiger partial charge in [-0.05, 0) is 36.8 Å². The molecule has 166 valence electrons. The van der Waals surface area contributed by atoms with Crippen LogP contribution in [0.1, 0.15) is 11.5 Å². The van der Waals surface area contributed by atoms with E-state index in [9.17, 15) is 4.79 Å². The van der Waals surface area contributed by atoms with Crippen molar-refractivity contribution in [1.29, 1.82) is 0 Å². The summed E-state index contributed by atoms with van der Waals surface area (Å²) in [5.41, 5.74) is 2.84. The molecule has 0 N–H and O–H groups in total. The summed E-state index contributed by atoms with van der Waals surface area (Å²) in [5, 5.41) is 8.80. The normalized spacial score (nSPS) is 11.1. The molecular formula is C23H20N6O4. The van der Waals surface area contributed by atoms with E-state index in [1.165, 1.54) is 17.1 Å². The summed E-state index contributed by atoms with van der Waals surface area (Å²) >= 11 is 0. The minimum atomic E-state index is -0.245. The van der Waals surface area contributed by atoms with Crippen molar-refractivity contribution < 1.29 is 14.0 Å². The zero-order chi connectivity index (χ0) is 22.9. The highest BCUT2D eigenvalue weighted by atomic mass is 16.5. The molecule has 0 bridgehead atoms. The summed E-state index contributed by atoms with van der Waals surface area (Å²) in [6.45, 7) is 2.06. The third-order valence-corrected chi connectivity index (χ3v) is 5.31. The standard InChI is InChI=1S/C23H20N6O4/c1-14-6-4-5-7-17(14)29-22-16(11-25-29)23(30)28(13-24-22)12-20-26-21(27-33-20)15-8-9-18(31-2)19(10-15)32-3/h4-11,13H,12H2,1-3H3. The molecule has 5 aromatic rings. The molecule has 0 saturated carbocycles. The smallest absolute Gasteiger partial charge is 0.264 e. The van der Waals surface area contributed by atoms with Crippen molar-refractivity contribution in [2.75, 3.05) is 14.2 Å². The Morgan fingerprint density at radius 2 is 1.88 bits per heavy atom. The van der Waals surface area contributed by atoms with Crippen LogP contribution in [0.3, 0.4) is 0 Å². The van der Waals surface area contributed by atoms with Gasteiger partial charge in [0.05, 0.1) is 26.1 Å². The van der Waals surface area contributed by atoms with Gasteiger partial charge >= 0.3 is 0 Å². The van der Waals surface area contributed by atoms with E-state index in [-0.39, 0.29) is 18.0 Å². The summed E-state index contributed by atoms with van der Waals surface area (Å²) in [5.74, 6) is 1.80. The molecule has 3 heterocycles. The molecule has 0 radical (unpaired) electrons. The first-order chi connectivity index (χ1) is 16.1. The second kappa shape index (κ2) is 8.23. The molecule has 3 aromatic heterocycles. The maximum absolute atomic E-state index is 13.0. The molecule has 10 heteroatoms. The van der Waals surface area contributed by atoms with E-state index in [1.807, 2.05) is 31.2 Å². The second-order valence-corrected chi connectivity index (χ2v) is 7.34. The molecule has 33 heavy (non-hydrogen) atoms. The number of benzene rings is 2.